The van der Waals surface area contributed by atoms with Crippen molar-refractivity contribution in [3.05, 3.63) is 82.9 Å². The van der Waals surface area contributed by atoms with Gasteiger partial charge in [0.15, 0.2) is 5.78 Å². The number of unbranched alkanes of at least 4 members (excludes halogenated alkanes) is 2. The number of amides is 4. The standard InChI is InChI=1S/C36H51NO9.C12H21N3O6.C7H6O2.C3H6O2.C2H4O2/c1-20-26(45-28(38)15-24(21-13-11-10-12-14-21)37-32(40)46-33(2,3)4)18-36(41)17-23-22-19-44-25(22)16-27(42-8)35(23,7)31(39)30(43-9)29(20)34(36,5)6;16-9(4-5-10(17)18)13-6-2-1-3-7-14-12(21)15-8-11(19)20;8-7(9)6-4-2-1-3-5-6;1-2-3(4)5;1-2(3)4/h10-14,22-27,30,41H,15-19H2,1-9H3,(H,37,40);1-8H2,(H,13,16)(H,17,18)(H,19,20)(H2,14,15,21);1-5H,(H,8,9);2H2,1H3,(H,4,5);1H3,(H,3,4)/t22-,23?,24?,25?,26-,27?,30?,35?,36?;;;;/m0..../s1. The van der Waals surface area contributed by atoms with Crippen molar-refractivity contribution in [3.8, 4) is 0 Å². The molecule has 2 aromatic rings. The largest absolute Gasteiger partial charge is 0.481 e. The lowest BCUT2D eigenvalue weighted by Gasteiger charge is -2.63. The van der Waals surface area contributed by atoms with Crippen LogP contribution in [0.2, 0.25) is 0 Å². The first-order valence-corrected chi connectivity index (χ1v) is 28.0. The average Bonchev–Trinajstić information content (AvgIpc) is 0.851. The monoisotopic (exact) mass is 1200 g/mol. The number of aromatic carboxylic acids is 1. The molecule has 3 fully saturated rings. The normalized spacial score (nSPS) is 23.5. The van der Waals surface area contributed by atoms with Gasteiger partial charge in [0.25, 0.3) is 5.97 Å². The van der Waals surface area contributed by atoms with E-state index in [9.17, 15) is 48.3 Å². The Bertz CT molecular complexity index is 2570. The SMILES string of the molecule is CC(=O)O.CCC(=O)O.COC1C(=O)C2(C)C(OC)CC3OC[C@H]3C2CC2(O)C[C@H](OC(=O)CC(NC(=O)OC(C)(C)C)c3ccccc3)C(C)=C1C2(C)C.O=C(O)CCC(=O)NCCCCCNC(=O)NCC(=O)O.O=C(O)c1ccccc1. The number of aliphatic hydroxyl groups is 1. The minimum atomic E-state index is -1.33. The number of urea groups is 1. The molecular weight excluding hydrogens is 1110 g/mol. The lowest BCUT2D eigenvalue weighted by Crippen LogP contribution is -2.69. The summed E-state index contributed by atoms with van der Waals surface area (Å²) in [6.45, 7) is 16.7. The molecule has 9 atom stereocenters. The fourth-order valence-corrected chi connectivity index (χ4v) is 10.5. The van der Waals surface area contributed by atoms with Gasteiger partial charge in [-0.25, -0.2) is 14.4 Å². The third kappa shape index (κ3) is 23.1. The topological polar surface area (TPSA) is 386 Å². The molecule has 1 saturated heterocycles. The molecule has 0 radical (unpaired) electrons. The number of aliphatic carboxylic acids is 4. The van der Waals surface area contributed by atoms with Gasteiger partial charge >= 0.3 is 42.0 Å². The van der Waals surface area contributed by atoms with Crippen LogP contribution < -0.4 is 21.3 Å². The van der Waals surface area contributed by atoms with Crippen LogP contribution in [0.15, 0.2) is 71.8 Å². The number of hydrogen-bond donors (Lipinski definition) is 10. The summed E-state index contributed by atoms with van der Waals surface area (Å²) in [7, 11) is 3.14. The van der Waals surface area contributed by atoms with Gasteiger partial charge in [0.05, 0.1) is 54.3 Å². The van der Waals surface area contributed by atoms with Crippen LogP contribution in [0.1, 0.15) is 148 Å². The van der Waals surface area contributed by atoms with Gasteiger partial charge in [-0.3, -0.25) is 33.6 Å². The Balaban J connectivity index is 0.000000516. The van der Waals surface area contributed by atoms with E-state index in [1.165, 1.54) is 7.11 Å². The fourth-order valence-electron chi connectivity index (χ4n) is 10.5. The van der Waals surface area contributed by atoms with Gasteiger partial charge < -0.3 is 75.6 Å². The Morgan fingerprint density at radius 1 is 0.765 bits per heavy atom. The number of methoxy groups -OCH3 is 2. The summed E-state index contributed by atoms with van der Waals surface area (Å²) in [5, 5.41) is 63.1. The highest BCUT2D eigenvalue weighted by molar-refractivity contribution is 5.93. The molecule has 1 aliphatic heterocycles. The number of carboxylic acids is 5. The molecule has 2 aromatic carbocycles. The number of benzene rings is 2. The zero-order valence-corrected chi connectivity index (χ0v) is 50.5. The van der Waals surface area contributed by atoms with Gasteiger partial charge in [-0.1, -0.05) is 69.3 Å². The Morgan fingerprint density at radius 2 is 1.33 bits per heavy atom. The van der Waals surface area contributed by atoms with Gasteiger partial charge in [0.2, 0.25) is 5.91 Å². The van der Waals surface area contributed by atoms with Gasteiger partial charge in [-0.05, 0) is 95.1 Å². The molecule has 0 spiro atoms. The zero-order valence-electron chi connectivity index (χ0n) is 50.5. The minimum Gasteiger partial charge on any atom is -0.481 e. The highest BCUT2D eigenvalue weighted by Crippen LogP contribution is 2.62. The number of rotatable bonds is 20. The van der Waals surface area contributed by atoms with Gasteiger partial charge in [-0.2, -0.15) is 0 Å². The number of carbonyl (C=O) groups excluding carboxylic acids is 5. The van der Waals surface area contributed by atoms with Crippen molar-refractivity contribution in [1.82, 2.24) is 21.3 Å². The summed E-state index contributed by atoms with van der Waals surface area (Å²) in [5.74, 6) is -5.62. The van der Waals surface area contributed by atoms with Crippen LogP contribution in [0.5, 0.6) is 0 Å². The molecule has 4 amide bonds. The summed E-state index contributed by atoms with van der Waals surface area (Å²) in [4.78, 5) is 112. The number of hydrogen-bond acceptors (Lipinski definition) is 16. The number of alkyl carbamates (subject to hydrolysis) is 1. The molecule has 3 aliphatic carbocycles. The van der Waals surface area contributed by atoms with E-state index in [0.29, 0.717) is 55.7 Å². The van der Waals surface area contributed by atoms with E-state index >= 15 is 0 Å². The molecule has 6 rings (SSSR count). The number of ether oxygens (including phenoxy) is 5. The van der Waals surface area contributed by atoms with Crippen molar-refractivity contribution < 1.29 is 102 Å². The number of nitrogens with one attached hydrogen (secondary N) is 4. The van der Waals surface area contributed by atoms with Crippen molar-refractivity contribution in [2.75, 3.05) is 40.5 Å². The van der Waals surface area contributed by atoms with Gasteiger partial charge in [0.1, 0.15) is 24.4 Å². The predicted molar refractivity (Wildman–Crippen MR) is 307 cm³/mol. The molecule has 1 heterocycles. The number of esters is 1. The first kappa shape index (κ1) is 73.6. The molecule has 0 aromatic heterocycles. The molecule has 2 bridgehead atoms. The summed E-state index contributed by atoms with van der Waals surface area (Å²) in [6.07, 6.45) is 0.298. The van der Waals surface area contributed by atoms with E-state index in [1.54, 1.807) is 65.1 Å². The Labute approximate surface area is 495 Å². The quantitative estimate of drug-likeness (QED) is 0.0381. The van der Waals surface area contributed by atoms with Crippen LogP contribution in [0.25, 0.3) is 0 Å². The third-order valence-electron chi connectivity index (χ3n) is 15.0. The Kier molecular flexibility index (Phi) is 29.9. The molecule has 10 N–H and O–H groups in total. The Hall–Kier alpha value is -7.48. The van der Waals surface area contributed by atoms with Crippen LogP contribution in [0, 0.1) is 22.7 Å². The van der Waals surface area contributed by atoms with Crippen LogP contribution in [-0.2, 0) is 57.2 Å². The first-order valence-electron chi connectivity index (χ1n) is 28.0. The molecule has 85 heavy (non-hydrogen) atoms. The van der Waals surface area contributed by atoms with E-state index in [1.807, 2.05) is 58.0 Å². The summed E-state index contributed by atoms with van der Waals surface area (Å²) in [6, 6.07) is 16.2. The molecule has 25 nitrogen and oxygen atoms in total. The summed E-state index contributed by atoms with van der Waals surface area (Å²) < 4.78 is 29.5. The Morgan fingerprint density at radius 3 is 1.80 bits per heavy atom. The van der Waals surface area contributed by atoms with E-state index in [-0.39, 0.29) is 61.7 Å². The average molecular weight is 1200 g/mol. The van der Waals surface area contributed by atoms with Crippen molar-refractivity contribution in [3.63, 3.8) is 0 Å². The molecule has 7 unspecified atom stereocenters. The second-order valence-corrected chi connectivity index (χ2v) is 22.6. The van der Waals surface area contributed by atoms with Gasteiger partial charge in [0, 0.05) is 71.2 Å². The van der Waals surface area contributed by atoms with E-state index in [2.05, 4.69) is 21.3 Å². The fraction of sp³-hybridized carbons (Fsp3) is 0.600. The van der Waals surface area contributed by atoms with Crippen molar-refractivity contribution in [1.29, 1.82) is 0 Å². The van der Waals surface area contributed by atoms with Crippen LogP contribution >= 0.6 is 0 Å². The van der Waals surface area contributed by atoms with Crippen LogP contribution in [0.4, 0.5) is 9.59 Å². The first-order chi connectivity index (χ1) is 39.7. The number of carbonyl (C=O) groups is 10. The lowest BCUT2D eigenvalue weighted by molar-refractivity contribution is -0.247. The minimum absolute atomic E-state index is 0.0271. The van der Waals surface area contributed by atoms with Gasteiger partial charge in [-0.15, -0.1) is 0 Å². The predicted octanol–water partition coefficient (Wildman–Crippen LogP) is 6.55. The molecule has 2 saturated carbocycles. The summed E-state index contributed by atoms with van der Waals surface area (Å²) in [5.41, 5.74) is -1.43. The number of carboxylic acid groups (broad SMARTS) is 5. The van der Waals surface area contributed by atoms with Crippen LogP contribution in [0.3, 0.4) is 0 Å². The third-order valence-corrected chi connectivity index (χ3v) is 15.0. The lowest BCUT2D eigenvalue weighted by atomic mass is 9.47. The molecule has 474 valence electrons. The number of Topliss-reactive ketones (excluding diaryl/α,β-unsaturated/α-hetero) is 1. The van der Waals surface area contributed by atoms with Crippen LogP contribution in [-0.4, -0.2) is 166 Å². The van der Waals surface area contributed by atoms with Crippen molar-refractivity contribution in [2.45, 2.75) is 168 Å². The van der Waals surface area contributed by atoms with E-state index in [0.717, 1.165) is 25.3 Å². The second-order valence-electron chi connectivity index (χ2n) is 22.6. The second kappa shape index (κ2) is 34.5. The zero-order chi connectivity index (χ0) is 64.5. The van der Waals surface area contributed by atoms with Crippen molar-refractivity contribution in [2.24, 2.45) is 22.7 Å². The highest BCUT2D eigenvalue weighted by atomic mass is 16.6. The maximum absolute atomic E-state index is 14.7. The number of fused-ring (bicyclic) bond motifs is 5. The molecular formula is C60H88N4O21. The van der Waals surface area contributed by atoms with E-state index < -0.39 is 101 Å². The van der Waals surface area contributed by atoms with Crippen molar-refractivity contribution >= 4 is 59.6 Å². The highest BCUT2D eigenvalue weighted by Gasteiger charge is 2.67. The van der Waals surface area contributed by atoms with E-state index in [4.69, 9.17) is 54.0 Å². The molecule has 4 aliphatic rings. The maximum atomic E-state index is 14.7. The maximum Gasteiger partial charge on any atom is 0.408 e. The smallest absolute Gasteiger partial charge is 0.408 e. The molecule has 25 heteroatoms. The summed E-state index contributed by atoms with van der Waals surface area (Å²) >= 11 is 0. The number of ketones is 1.